The minimum Gasteiger partial charge on any atom is -0.508 e. The number of amides is 2. The van der Waals surface area contributed by atoms with Crippen molar-refractivity contribution < 1.29 is 31.6 Å². The first kappa shape index (κ1) is 35.4. The van der Waals surface area contributed by atoms with Gasteiger partial charge in [-0.05, 0) is 97.5 Å². The molecule has 2 aromatic heterocycles. The topological polar surface area (TPSA) is 115 Å². The van der Waals surface area contributed by atoms with Gasteiger partial charge in [-0.3, -0.25) is 24.1 Å². The van der Waals surface area contributed by atoms with Crippen LogP contribution >= 0.6 is 12.4 Å². The monoisotopic (exact) mass is 802 g/mol. The van der Waals surface area contributed by atoms with Gasteiger partial charge in [0.25, 0.3) is 11.8 Å². The highest BCUT2D eigenvalue weighted by atomic mass is 35.5. The van der Waals surface area contributed by atoms with Crippen LogP contribution in [0.3, 0.4) is 0 Å². The van der Waals surface area contributed by atoms with E-state index in [0.717, 1.165) is 48.1 Å². The number of anilines is 2. The van der Waals surface area contributed by atoms with Crippen LogP contribution in [0, 0.1) is 0 Å². The van der Waals surface area contributed by atoms with Gasteiger partial charge in [0.2, 0.25) is 6.75 Å². The van der Waals surface area contributed by atoms with Crippen LogP contribution < -0.4 is 14.4 Å². The number of hydrogen-bond donors (Lipinski definition) is 1. The first-order valence-corrected chi connectivity index (χ1v) is 19.6. The lowest BCUT2D eigenvalue weighted by Gasteiger charge is -2.40. The average Bonchev–Trinajstić information content (AvgIpc) is 3.91. The van der Waals surface area contributed by atoms with Gasteiger partial charge >= 0.3 is 0 Å². The normalized spacial score (nSPS) is 18.8. The fraction of sp³-hybridized carbons (Fsp3) is 0.311. The Balaban J connectivity index is 0.00000462. The number of carbonyl (C=O) groups excluding carboxylic acids is 2. The number of rotatable bonds is 7. The summed E-state index contributed by atoms with van der Waals surface area (Å²) in [7, 11) is 1.87. The van der Waals surface area contributed by atoms with E-state index in [0.29, 0.717) is 79.4 Å². The third-order valence-corrected chi connectivity index (χ3v) is 11.9. The number of carbonyl (C=O) groups is 2. The molecule has 0 radical (unpaired) electrons. The second-order valence-electron chi connectivity index (χ2n) is 15.3. The molecule has 6 heterocycles. The largest absolute Gasteiger partial charge is 0.508 e. The Bertz CT molecular complexity index is 2620. The van der Waals surface area contributed by atoms with E-state index < -0.39 is 6.75 Å². The Morgan fingerprint density at radius 1 is 0.897 bits per heavy atom. The number of morpholine rings is 1. The summed E-state index contributed by atoms with van der Waals surface area (Å²) < 4.78 is 37.4. The van der Waals surface area contributed by atoms with Crippen molar-refractivity contribution in [2.45, 2.75) is 44.8 Å². The molecule has 6 aromatic rings. The summed E-state index contributed by atoms with van der Waals surface area (Å²) in [5.41, 5.74) is 7.33. The van der Waals surface area contributed by atoms with Gasteiger partial charge in [0.05, 0.1) is 41.7 Å². The number of phenolic OH excluding ortho intramolecular Hbond substituents is 1. The molecule has 0 saturated carbocycles. The van der Waals surface area contributed by atoms with E-state index >= 15 is 9.59 Å². The molecule has 1 N–H and O–H groups in total. The van der Waals surface area contributed by atoms with Crippen molar-refractivity contribution in [1.29, 1.82) is 0 Å². The molecule has 0 unspecified atom stereocenters. The molecule has 0 aliphatic carbocycles. The summed E-state index contributed by atoms with van der Waals surface area (Å²) >= 11 is 0. The predicted molar refractivity (Wildman–Crippen MR) is 223 cm³/mol. The van der Waals surface area contributed by atoms with Crippen molar-refractivity contribution in [2.24, 2.45) is 7.05 Å². The van der Waals surface area contributed by atoms with Crippen LogP contribution in [0.2, 0.25) is 0 Å². The molecule has 12 nitrogen and oxygen atoms in total. The quantitative estimate of drug-likeness (QED) is 0.182. The maximum atomic E-state index is 15.3. The van der Waals surface area contributed by atoms with Crippen LogP contribution in [0.4, 0.5) is 11.4 Å². The standard InChI is InChI=1S/C45H44N6O6.ClH/c1-47-39-14-11-33(21-31(39)25-46-47)51(32-9-12-35(52)13-10-32)45(54)38-22-41(49-15-5-4-8-40(38)49)36-23-42-43(57-28-56-42)24-37(36)44(53)50-26-30-7-3-2-6-29(30)20-34(50)27-48-16-18-55-19-17-48;/h2-3,6-7,9-14,21-25,34,52H,4-5,8,15-20,26-28H2,1H3;1H/t34-;/m0./s1/i28D2;. The molecule has 298 valence electrons. The van der Waals surface area contributed by atoms with Crippen LogP contribution in [-0.4, -0.2) is 86.7 Å². The average molecular weight is 803 g/mol. The Hall–Kier alpha value is -5.82. The zero-order valence-electron chi connectivity index (χ0n) is 34.1. The lowest BCUT2D eigenvalue weighted by molar-refractivity contribution is 0.0193. The van der Waals surface area contributed by atoms with Gasteiger partial charge in [-0.2, -0.15) is 5.10 Å². The van der Waals surface area contributed by atoms with Crippen LogP contribution in [0.1, 0.15) is 53.1 Å². The Labute approximate surface area is 345 Å². The molecule has 13 heteroatoms. The number of hydrogen-bond acceptors (Lipinski definition) is 8. The minimum atomic E-state index is -2.41. The molecule has 4 aliphatic rings. The van der Waals surface area contributed by atoms with E-state index in [1.165, 1.54) is 5.56 Å². The van der Waals surface area contributed by atoms with Crippen molar-refractivity contribution in [3.8, 4) is 28.5 Å². The van der Waals surface area contributed by atoms with Crippen molar-refractivity contribution in [3.63, 3.8) is 0 Å². The number of fused-ring (bicyclic) bond motifs is 4. The number of aromatic hydroxyl groups is 1. The summed E-state index contributed by atoms with van der Waals surface area (Å²) in [6, 6.07) is 25.6. The molecular formula is C45H45ClN6O6. The SMILES string of the molecule is Cl.[2H]C1([2H])Oc2cc(C(=O)N3Cc4ccccc4C[C@H]3CN3CCOCC3)c(-c3cc(C(=O)N(c4ccc(O)cc4)c4ccc5c(cnn5C)c4)c4n3CCCC4)cc2O1. The fourth-order valence-corrected chi connectivity index (χ4v) is 8.92. The molecule has 1 fully saturated rings. The molecule has 1 saturated heterocycles. The number of nitrogens with zero attached hydrogens (tertiary/aromatic N) is 6. The molecule has 58 heavy (non-hydrogen) atoms. The van der Waals surface area contributed by atoms with E-state index in [4.69, 9.17) is 17.0 Å². The summed E-state index contributed by atoms with van der Waals surface area (Å²) in [6.45, 7) is 2.18. The van der Waals surface area contributed by atoms with Crippen LogP contribution in [0.15, 0.2) is 91.1 Å². The first-order valence-electron chi connectivity index (χ1n) is 20.6. The van der Waals surface area contributed by atoms with Crippen molar-refractivity contribution in [2.75, 3.05) is 44.5 Å². The summed E-state index contributed by atoms with van der Waals surface area (Å²) in [4.78, 5) is 36.5. The fourth-order valence-electron chi connectivity index (χ4n) is 8.92. The number of halogens is 1. The summed E-state index contributed by atoms with van der Waals surface area (Å²) in [5, 5.41) is 15.5. The number of phenols is 1. The maximum absolute atomic E-state index is 15.3. The third kappa shape index (κ3) is 6.74. The van der Waals surface area contributed by atoms with Gasteiger partial charge in [-0.25, -0.2) is 0 Å². The van der Waals surface area contributed by atoms with Gasteiger partial charge in [0, 0.05) is 73.8 Å². The Kier molecular flexibility index (Phi) is 9.45. The second-order valence-corrected chi connectivity index (χ2v) is 15.3. The minimum absolute atomic E-state index is 0. The zero-order chi connectivity index (χ0) is 40.4. The predicted octanol–water partition coefficient (Wildman–Crippen LogP) is 7.11. The van der Waals surface area contributed by atoms with Gasteiger partial charge in [0.1, 0.15) is 8.49 Å². The number of benzene rings is 4. The lowest BCUT2D eigenvalue weighted by Crippen LogP contribution is -2.52. The van der Waals surface area contributed by atoms with E-state index in [1.54, 1.807) is 52.2 Å². The van der Waals surface area contributed by atoms with Gasteiger partial charge in [-0.15, -0.1) is 12.4 Å². The molecule has 0 bridgehead atoms. The second kappa shape index (κ2) is 15.5. The molecule has 1 atom stereocenters. The van der Waals surface area contributed by atoms with Crippen LogP contribution in [0.5, 0.6) is 17.2 Å². The Morgan fingerprint density at radius 2 is 1.66 bits per heavy atom. The summed E-state index contributed by atoms with van der Waals surface area (Å²) in [5.74, 6) is -0.0538. The zero-order valence-corrected chi connectivity index (χ0v) is 32.9. The molecular weight excluding hydrogens is 756 g/mol. The summed E-state index contributed by atoms with van der Waals surface area (Å²) in [6.07, 6.45) is 4.87. The van der Waals surface area contributed by atoms with Gasteiger partial charge in [-0.1, -0.05) is 24.3 Å². The first-order chi connectivity index (χ1) is 28.6. The number of ether oxygens (including phenoxy) is 3. The highest BCUT2D eigenvalue weighted by Crippen LogP contribution is 2.43. The van der Waals surface area contributed by atoms with Crippen molar-refractivity contribution in [1.82, 2.24) is 24.1 Å². The van der Waals surface area contributed by atoms with Crippen LogP contribution in [0.25, 0.3) is 22.2 Å². The molecule has 10 rings (SSSR count). The highest BCUT2D eigenvalue weighted by Gasteiger charge is 2.36. The smallest absolute Gasteiger partial charge is 0.264 e. The van der Waals surface area contributed by atoms with Crippen molar-refractivity contribution >= 4 is 46.5 Å². The number of aryl methyl sites for hydroxylation is 1. The van der Waals surface area contributed by atoms with E-state index in [-0.39, 0.29) is 47.5 Å². The van der Waals surface area contributed by atoms with E-state index in [1.807, 2.05) is 48.3 Å². The molecule has 4 aliphatic heterocycles. The van der Waals surface area contributed by atoms with E-state index in [9.17, 15) is 5.11 Å². The van der Waals surface area contributed by atoms with E-state index in [2.05, 4.69) is 26.7 Å². The molecule has 0 spiro atoms. The van der Waals surface area contributed by atoms with Gasteiger partial charge < -0.3 is 28.8 Å². The van der Waals surface area contributed by atoms with Crippen molar-refractivity contribution in [3.05, 3.63) is 119 Å². The lowest BCUT2D eigenvalue weighted by atomic mass is 9.92. The number of aromatic nitrogens is 3. The Morgan fingerprint density at radius 3 is 2.47 bits per heavy atom. The molecule has 2 amide bonds. The highest BCUT2D eigenvalue weighted by molar-refractivity contribution is 6.13. The van der Waals surface area contributed by atoms with Gasteiger partial charge in [0.15, 0.2) is 11.5 Å². The maximum Gasteiger partial charge on any atom is 0.264 e. The van der Waals surface area contributed by atoms with Crippen LogP contribution in [-0.2, 0) is 37.7 Å². The molecule has 4 aromatic carbocycles. The third-order valence-electron chi connectivity index (χ3n) is 11.9.